The van der Waals surface area contributed by atoms with Gasteiger partial charge in [0.1, 0.15) is 6.10 Å². The average Bonchev–Trinajstić information content (AvgIpc) is 2.89. The summed E-state index contributed by atoms with van der Waals surface area (Å²) in [4.78, 5) is 0.937. The maximum atomic E-state index is 10.2. The van der Waals surface area contributed by atoms with E-state index < -0.39 is 6.10 Å². The van der Waals surface area contributed by atoms with Gasteiger partial charge in [-0.3, -0.25) is 0 Å². The molecule has 0 saturated carbocycles. The molecule has 0 aromatic carbocycles. The highest BCUT2D eigenvalue weighted by Crippen LogP contribution is 2.35. The number of aliphatic hydroxyl groups is 1. The molecule has 0 aliphatic carbocycles. The maximum Gasteiger partial charge on any atom is 0.131 e. The van der Waals surface area contributed by atoms with Crippen LogP contribution in [0.3, 0.4) is 0 Å². The summed E-state index contributed by atoms with van der Waals surface area (Å²) in [5, 5.41) is 19.8. The van der Waals surface area contributed by atoms with E-state index in [9.17, 15) is 5.11 Å². The minimum Gasteiger partial charge on any atom is -0.381 e. The van der Waals surface area contributed by atoms with Gasteiger partial charge in [-0.2, -0.15) is 0 Å². The second-order valence-corrected chi connectivity index (χ2v) is 5.55. The Bertz CT molecular complexity index is 596. The molecule has 0 amide bonds. The Morgan fingerprint density at radius 3 is 3.00 bits per heavy atom. The molecule has 3 aromatic heterocycles. The van der Waals surface area contributed by atoms with Crippen molar-refractivity contribution in [2.24, 2.45) is 7.05 Å². The van der Waals surface area contributed by atoms with Crippen molar-refractivity contribution in [2.75, 3.05) is 0 Å². The molecule has 6 heteroatoms. The lowest BCUT2D eigenvalue weighted by molar-refractivity contribution is 0.213. The fourth-order valence-corrected chi connectivity index (χ4v) is 3.73. The number of aromatic nitrogens is 3. The van der Waals surface area contributed by atoms with Crippen LogP contribution in [0.4, 0.5) is 0 Å². The molecule has 0 aliphatic heterocycles. The average molecular weight is 251 g/mol. The zero-order chi connectivity index (χ0) is 11.1. The van der Waals surface area contributed by atoms with E-state index in [-0.39, 0.29) is 0 Å². The number of rotatable bonds is 2. The standard InChI is InChI=1S/C10H9N3OS2/c1-13-6(5-11-12-13)10(14)9-4-8-7(16-9)2-3-15-8/h2-5,10,14H,1H3. The molecule has 0 spiro atoms. The first kappa shape index (κ1) is 9.95. The Labute approximate surface area is 99.8 Å². The summed E-state index contributed by atoms with van der Waals surface area (Å²) in [6.45, 7) is 0. The summed E-state index contributed by atoms with van der Waals surface area (Å²) in [7, 11) is 1.78. The molecule has 0 bridgehead atoms. The van der Waals surface area contributed by atoms with E-state index in [0.29, 0.717) is 5.69 Å². The summed E-state index contributed by atoms with van der Waals surface area (Å²) < 4.78 is 4.03. The summed E-state index contributed by atoms with van der Waals surface area (Å²) in [6, 6.07) is 4.10. The summed E-state index contributed by atoms with van der Waals surface area (Å²) in [6.07, 6.45) is 0.961. The normalized spacial score (nSPS) is 13.4. The van der Waals surface area contributed by atoms with Crippen molar-refractivity contribution in [2.45, 2.75) is 6.10 Å². The van der Waals surface area contributed by atoms with Gasteiger partial charge in [-0.15, -0.1) is 27.8 Å². The van der Waals surface area contributed by atoms with Gasteiger partial charge in [-0.05, 0) is 17.5 Å². The third-order valence-electron chi connectivity index (χ3n) is 2.46. The first-order valence-electron chi connectivity index (χ1n) is 4.75. The van der Waals surface area contributed by atoms with E-state index in [2.05, 4.69) is 21.8 Å². The smallest absolute Gasteiger partial charge is 0.131 e. The zero-order valence-corrected chi connectivity index (χ0v) is 10.1. The number of hydrogen-bond donors (Lipinski definition) is 1. The molecule has 1 unspecified atom stereocenters. The fourth-order valence-electron chi connectivity index (χ4n) is 1.61. The van der Waals surface area contributed by atoms with Crippen molar-refractivity contribution in [3.8, 4) is 0 Å². The fraction of sp³-hybridized carbons (Fsp3) is 0.200. The molecular weight excluding hydrogens is 242 g/mol. The number of aliphatic hydroxyl groups excluding tert-OH is 1. The van der Waals surface area contributed by atoms with Crippen LogP contribution in [0.2, 0.25) is 0 Å². The molecule has 82 valence electrons. The highest BCUT2D eigenvalue weighted by atomic mass is 32.1. The van der Waals surface area contributed by atoms with Crippen LogP contribution in [0.1, 0.15) is 16.7 Å². The second-order valence-electron chi connectivity index (χ2n) is 3.48. The number of hydrogen-bond acceptors (Lipinski definition) is 5. The van der Waals surface area contributed by atoms with Crippen LogP contribution in [0.15, 0.2) is 23.7 Å². The minimum absolute atomic E-state index is 0.635. The number of aryl methyl sites for hydroxylation is 1. The van der Waals surface area contributed by atoms with Crippen LogP contribution >= 0.6 is 22.7 Å². The molecule has 3 aromatic rings. The van der Waals surface area contributed by atoms with Crippen LogP contribution < -0.4 is 0 Å². The Morgan fingerprint density at radius 1 is 1.44 bits per heavy atom. The topological polar surface area (TPSA) is 50.9 Å². The van der Waals surface area contributed by atoms with Crippen LogP contribution in [0.25, 0.3) is 9.40 Å². The van der Waals surface area contributed by atoms with E-state index in [4.69, 9.17) is 0 Å². The van der Waals surface area contributed by atoms with Crippen molar-refractivity contribution in [1.29, 1.82) is 0 Å². The molecule has 0 aliphatic rings. The summed E-state index contributed by atoms with van der Waals surface area (Å²) >= 11 is 3.30. The molecule has 1 atom stereocenters. The van der Waals surface area contributed by atoms with Gasteiger partial charge in [0, 0.05) is 21.3 Å². The first-order chi connectivity index (χ1) is 7.75. The third kappa shape index (κ3) is 1.46. The van der Waals surface area contributed by atoms with Gasteiger partial charge in [-0.1, -0.05) is 5.21 Å². The second kappa shape index (κ2) is 3.65. The SMILES string of the molecule is Cn1nncc1C(O)c1cc2sccc2s1. The Kier molecular flexibility index (Phi) is 2.27. The lowest BCUT2D eigenvalue weighted by Crippen LogP contribution is -2.04. The quantitative estimate of drug-likeness (QED) is 0.759. The van der Waals surface area contributed by atoms with E-state index in [1.165, 1.54) is 9.40 Å². The molecule has 3 rings (SSSR count). The molecule has 4 nitrogen and oxygen atoms in total. The van der Waals surface area contributed by atoms with E-state index in [1.807, 2.05) is 6.07 Å². The van der Waals surface area contributed by atoms with Crippen LogP contribution in [0.5, 0.6) is 0 Å². The van der Waals surface area contributed by atoms with Crippen molar-refractivity contribution in [3.63, 3.8) is 0 Å². The predicted octanol–water partition coefficient (Wildman–Crippen LogP) is 2.17. The van der Waals surface area contributed by atoms with Gasteiger partial charge in [0.2, 0.25) is 0 Å². The van der Waals surface area contributed by atoms with Crippen molar-refractivity contribution >= 4 is 32.1 Å². The summed E-state index contributed by atoms with van der Waals surface area (Å²) in [5.41, 5.74) is 0.717. The van der Waals surface area contributed by atoms with Gasteiger partial charge >= 0.3 is 0 Å². The van der Waals surface area contributed by atoms with Crippen molar-refractivity contribution < 1.29 is 5.11 Å². The number of thiophene rings is 2. The van der Waals surface area contributed by atoms with E-state index >= 15 is 0 Å². The molecule has 3 heterocycles. The van der Waals surface area contributed by atoms with Gasteiger partial charge in [-0.25, -0.2) is 4.68 Å². The first-order valence-corrected chi connectivity index (χ1v) is 6.45. The van der Waals surface area contributed by atoms with Crippen molar-refractivity contribution in [1.82, 2.24) is 15.0 Å². The number of fused-ring (bicyclic) bond motifs is 1. The monoisotopic (exact) mass is 251 g/mol. The Morgan fingerprint density at radius 2 is 2.31 bits per heavy atom. The lowest BCUT2D eigenvalue weighted by Gasteiger charge is -2.06. The lowest BCUT2D eigenvalue weighted by atomic mass is 10.2. The largest absolute Gasteiger partial charge is 0.381 e. The van der Waals surface area contributed by atoms with E-state index in [1.54, 1.807) is 40.6 Å². The van der Waals surface area contributed by atoms with Gasteiger partial charge in [0.05, 0.1) is 11.9 Å². The molecule has 1 N–H and O–H groups in total. The molecular formula is C10H9N3OS2. The number of nitrogens with zero attached hydrogens (tertiary/aromatic N) is 3. The zero-order valence-electron chi connectivity index (χ0n) is 8.49. The van der Waals surface area contributed by atoms with Gasteiger partial charge in [0.25, 0.3) is 0 Å². The van der Waals surface area contributed by atoms with Crippen LogP contribution in [0, 0.1) is 0 Å². The van der Waals surface area contributed by atoms with E-state index in [0.717, 1.165) is 4.88 Å². The summed E-state index contributed by atoms with van der Waals surface area (Å²) in [5.74, 6) is 0. The highest BCUT2D eigenvalue weighted by molar-refractivity contribution is 7.26. The highest BCUT2D eigenvalue weighted by Gasteiger charge is 2.17. The molecule has 0 fully saturated rings. The molecule has 0 saturated heterocycles. The predicted molar refractivity (Wildman–Crippen MR) is 64.8 cm³/mol. The minimum atomic E-state index is -0.635. The van der Waals surface area contributed by atoms with Crippen molar-refractivity contribution in [3.05, 3.63) is 34.3 Å². The third-order valence-corrected chi connectivity index (χ3v) is 4.60. The van der Waals surface area contributed by atoms with Gasteiger partial charge < -0.3 is 5.11 Å². The maximum absolute atomic E-state index is 10.2. The Balaban J connectivity index is 2.04. The molecule has 0 radical (unpaired) electrons. The van der Waals surface area contributed by atoms with Gasteiger partial charge in [0.15, 0.2) is 0 Å². The Hall–Kier alpha value is -1.24. The van der Waals surface area contributed by atoms with Crippen LogP contribution in [-0.2, 0) is 7.05 Å². The molecule has 16 heavy (non-hydrogen) atoms. The van der Waals surface area contributed by atoms with Crippen LogP contribution in [-0.4, -0.2) is 20.1 Å².